The van der Waals surface area contributed by atoms with Gasteiger partial charge >= 0.3 is 0 Å². The van der Waals surface area contributed by atoms with Crippen LogP contribution in [0.3, 0.4) is 0 Å². The van der Waals surface area contributed by atoms with E-state index in [4.69, 9.17) is 0 Å². The Bertz CT molecular complexity index is 651. The molecule has 7 aliphatic rings. The highest BCUT2D eigenvalue weighted by atomic mass is 14.8. The monoisotopic (exact) mass is 480 g/mol. The maximum atomic E-state index is 2.82. The molecular formula is C35H60. The molecule has 7 aliphatic carbocycles. The molecule has 7 rings (SSSR count). The van der Waals surface area contributed by atoms with Crippen molar-refractivity contribution in [2.75, 3.05) is 0 Å². The first-order chi connectivity index (χ1) is 16.4. The smallest absolute Gasteiger partial charge is 0.0253 e. The van der Waals surface area contributed by atoms with Crippen molar-refractivity contribution in [2.45, 2.75) is 145 Å². The predicted octanol–water partition coefficient (Wildman–Crippen LogP) is 10.6. The Hall–Kier alpha value is 0. The first kappa shape index (κ1) is 25.3. The second-order valence-electron chi connectivity index (χ2n) is 17.8. The van der Waals surface area contributed by atoms with Crippen molar-refractivity contribution in [1.29, 1.82) is 0 Å². The lowest BCUT2D eigenvalue weighted by Crippen LogP contribution is -2.66. The summed E-state index contributed by atoms with van der Waals surface area (Å²) in [6.07, 6.45) is 23.6. The van der Waals surface area contributed by atoms with Crippen LogP contribution in [0.1, 0.15) is 145 Å². The van der Waals surface area contributed by atoms with Crippen molar-refractivity contribution < 1.29 is 0 Å². The lowest BCUT2D eigenvalue weighted by atomic mass is 9.29. The van der Waals surface area contributed by atoms with E-state index in [1.54, 1.807) is 77.0 Å². The highest BCUT2D eigenvalue weighted by molar-refractivity contribution is 5.20. The largest absolute Gasteiger partial charge is 0.0625 e. The van der Waals surface area contributed by atoms with E-state index in [0.29, 0.717) is 21.7 Å². The highest BCUT2D eigenvalue weighted by Gasteiger charge is 2.71. The molecule has 0 aromatic carbocycles. The number of rotatable bonds is 3. The third kappa shape index (κ3) is 4.30. The summed E-state index contributed by atoms with van der Waals surface area (Å²) in [7, 11) is 0. The Labute approximate surface area is 219 Å². The third-order valence-electron chi connectivity index (χ3n) is 13.6. The van der Waals surface area contributed by atoms with Gasteiger partial charge < -0.3 is 0 Å². The van der Waals surface area contributed by atoms with E-state index >= 15 is 0 Å². The molecule has 0 amide bonds. The van der Waals surface area contributed by atoms with E-state index in [0.717, 1.165) is 53.3 Å². The normalized spacial score (nSPS) is 60.6. The Morgan fingerprint density at radius 3 is 0.800 bits per heavy atom. The molecule has 200 valence electrons. The minimum Gasteiger partial charge on any atom is -0.0625 e. The molecule has 0 N–H and O–H groups in total. The fourth-order valence-electron chi connectivity index (χ4n) is 14.0. The molecule has 0 aliphatic heterocycles. The van der Waals surface area contributed by atoms with Gasteiger partial charge in [0.25, 0.3) is 0 Å². The van der Waals surface area contributed by atoms with Crippen molar-refractivity contribution in [3.63, 3.8) is 0 Å². The van der Waals surface area contributed by atoms with E-state index in [-0.39, 0.29) is 0 Å². The lowest BCUT2D eigenvalue weighted by Gasteiger charge is -2.76. The van der Waals surface area contributed by atoms with Crippen LogP contribution in [0.5, 0.6) is 0 Å². The average Bonchev–Trinajstić information content (AvgIpc) is 2.70. The van der Waals surface area contributed by atoms with Gasteiger partial charge in [-0.1, -0.05) is 48.5 Å². The van der Waals surface area contributed by atoms with Gasteiger partial charge in [-0.05, 0) is 171 Å². The van der Waals surface area contributed by atoms with Gasteiger partial charge in [-0.25, -0.2) is 0 Å². The maximum absolute atomic E-state index is 2.82. The molecule has 6 atom stereocenters. The summed E-state index contributed by atoms with van der Waals surface area (Å²) >= 11 is 0. The van der Waals surface area contributed by atoms with Crippen LogP contribution < -0.4 is 0 Å². The highest BCUT2D eigenvalue weighted by Crippen LogP contribution is 2.80. The number of hydrogen-bond acceptors (Lipinski definition) is 0. The molecule has 0 nitrogen and oxygen atoms in total. The van der Waals surface area contributed by atoms with Crippen LogP contribution in [-0.4, -0.2) is 0 Å². The fourth-order valence-corrected chi connectivity index (χ4v) is 14.0. The summed E-state index contributed by atoms with van der Waals surface area (Å²) in [5, 5.41) is 0. The molecule has 0 aromatic heterocycles. The molecule has 0 radical (unpaired) electrons. The van der Waals surface area contributed by atoms with Gasteiger partial charge in [0, 0.05) is 0 Å². The molecular weight excluding hydrogens is 420 g/mol. The second kappa shape index (κ2) is 8.50. The molecule has 0 aromatic rings. The molecule has 7 saturated carbocycles. The first-order valence-electron chi connectivity index (χ1n) is 16.4. The summed E-state index contributed by atoms with van der Waals surface area (Å²) in [4.78, 5) is 0. The second-order valence-corrected chi connectivity index (χ2v) is 17.8. The minimum atomic E-state index is 0.631. The van der Waals surface area contributed by atoms with Crippen LogP contribution in [0.15, 0.2) is 0 Å². The SMILES string of the molecule is CC1CC(C)CC(C23CC4(C)CC(C5CC(C)CC(C)C5)(C2)CC(C2CC(C)CC(C)C2)(C4)C3)C1. The summed E-state index contributed by atoms with van der Waals surface area (Å²) in [5.74, 6) is 8.83. The van der Waals surface area contributed by atoms with Gasteiger partial charge in [-0.2, -0.15) is 0 Å². The Morgan fingerprint density at radius 2 is 0.571 bits per heavy atom. The summed E-state index contributed by atoms with van der Waals surface area (Å²) in [5.41, 5.74) is 2.67. The van der Waals surface area contributed by atoms with Gasteiger partial charge in [0.15, 0.2) is 0 Å². The Morgan fingerprint density at radius 1 is 0.343 bits per heavy atom. The summed E-state index contributed by atoms with van der Waals surface area (Å²) in [6.45, 7) is 18.4. The van der Waals surface area contributed by atoms with E-state index in [2.05, 4.69) is 48.5 Å². The molecule has 0 heterocycles. The average molecular weight is 481 g/mol. The van der Waals surface area contributed by atoms with Crippen molar-refractivity contribution in [3.05, 3.63) is 0 Å². The number of hydrogen-bond donors (Lipinski definition) is 0. The van der Waals surface area contributed by atoms with Gasteiger partial charge in [0.05, 0.1) is 0 Å². The van der Waals surface area contributed by atoms with Crippen molar-refractivity contribution in [1.82, 2.24) is 0 Å². The van der Waals surface area contributed by atoms with E-state index in [9.17, 15) is 0 Å². The van der Waals surface area contributed by atoms with Crippen LogP contribution in [0.25, 0.3) is 0 Å². The predicted molar refractivity (Wildman–Crippen MR) is 150 cm³/mol. The zero-order valence-corrected chi connectivity index (χ0v) is 24.8. The van der Waals surface area contributed by atoms with Crippen LogP contribution in [0, 0.1) is 74.9 Å². The Balaban J connectivity index is 1.43. The summed E-state index contributed by atoms with van der Waals surface area (Å²) < 4.78 is 0. The third-order valence-corrected chi connectivity index (χ3v) is 13.6. The lowest BCUT2D eigenvalue weighted by molar-refractivity contribution is -0.258. The zero-order chi connectivity index (χ0) is 24.8. The molecule has 0 heteroatoms. The maximum Gasteiger partial charge on any atom is -0.0253 e. The molecule has 6 unspecified atom stereocenters. The van der Waals surface area contributed by atoms with Gasteiger partial charge in [-0.3, -0.25) is 0 Å². The van der Waals surface area contributed by atoms with Crippen molar-refractivity contribution >= 4 is 0 Å². The standard InChI is InChI=1S/C35H60/c1-23-8-24(2)12-29(11-23)33-17-32(7)18-34(20-33,30-13-25(3)9-26(4)14-30)22-35(19-32,21-33)31-15-27(5)10-28(6)16-31/h23-31H,8-22H2,1-7H3. The first-order valence-corrected chi connectivity index (χ1v) is 16.4. The minimum absolute atomic E-state index is 0.631. The van der Waals surface area contributed by atoms with E-state index < -0.39 is 0 Å². The zero-order valence-electron chi connectivity index (χ0n) is 24.8. The molecule has 0 spiro atoms. The van der Waals surface area contributed by atoms with Crippen molar-refractivity contribution in [3.8, 4) is 0 Å². The molecule has 4 bridgehead atoms. The van der Waals surface area contributed by atoms with E-state index in [1.165, 1.54) is 19.3 Å². The van der Waals surface area contributed by atoms with Gasteiger partial charge in [0.1, 0.15) is 0 Å². The van der Waals surface area contributed by atoms with Crippen molar-refractivity contribution in [2.24, 2.45) is 74.9 Å². The fraction of sp³-hybridized carbons (Fsp3) is 1.00. The van der Waals surface area contributed by atoms with Gasteiger partial charge in [-0.15, -0.1) is 0 Å². The summed E-state index contributed by atoms with van der Waals surface area (Å²) in [6, 6.07) is 0. The van der Waals surface area contributed by atoms with E-state index in [1.807, 2.05) is 0 Å². The van der Waals surface area contributed by atoms with Gasteiger partial charge in [0.2, 0.25) is 0 Å². The molecule has 35 heavy (non-hydrogen) atoms. The molecule has 7 fully saturated rings. The Kier molecular flexibility index (Phi) is 6.14. The van der Waals surface area contributed by atoms with Crippen LogP contribution in [0.4, 0.5) is 0 Å². The quantitative estimate of drug-likeness (QED) is 0.377. The topological polar surface area (TPSA) is 0 Å². The van der Waals surface area contributed by atoms with Crippen LogP contribution in [-0.2, 0) is 0 Å². The van der Waals surface area contributed by atoms with Crippen LogP contribution in [0.2, 0.25) is 0 Å². The molecule has 0 saturated heterocycles. The van der Waals surface area contributed by atoms with Crippen LogP contribution >= 0.6 is 0 Å².